The molecule has 0 fully saturated rings. The van der Waals surface area contributed by atoms with Gasteiger partial charge in [0.15, 0.2) is 11.5 Å². The minimum Gasteiger partial charge on any atom is -0.633 e. The Morgan fingerprint density at radius 3 is 2.42 bits per heavy atom. The molecule has 0 spiro atoms. The summed E-state index contributed by atoms with van der Waals surface area (Å²) in [5.41, 5.74) is 7.93. The highest BCUT2D eigenvalue weighted by Gasteiger charge is 2.20. The number of hydrogen-bond acceptors (Lipinski definition) is 7. The van der Waals surface area contributed by atoms with E-state index in [2.05, 4.69) is 15.3 Å². The molecule has 2 aromatic heterocycles. The largest absolute Gasteiger partial charge is 0.633 e. The Kier molecular flexibility index (Phi) is 7.15. The molecule has 5 rings (SSSR count). The average molecular weight is 538 g/mol. The van der Waals surface area contributed by atoms with Gasteiger partial charge < -0.3 is 25.6 Å². The molecule has 0 aliphatic carbocycles. The second kappa shape index (κ2) is 10.8. The first-order chi connectivity index (χ1) is 19.2. The SMILES string of the molecule is C[N+](C)([O-])C/C=C/C(=O)Nc1cccc(-n2c(=O)n(-c3ccc(Oc4ccccc4)cc3)c3c(N)ncnc32)c1. The van der Waals surface area contributed by atoms with Crippen LogP contribution in [0, 0.1) is 5.21 Å². The molecule has 11 heteroatoms. The number of nitrogen functional groups attached to an aromatic ring is 1. The summed E-state index contributed by atoms with van der Waals surface area (Å²) in [5.74, 6) is 1.04. The number of nitrogens with zero attached hydrogens (tertiary/aromatic N) is 5. The van der Waals surface area contributed by atoms with Gasteiger partial charge in [0.1, 0.15) is 23.3 Å². The maximum atomic E-state index is 13.8. The topological polar surface area (TPSA) is 140 Å². The van der Waals surface area contributed by atoms with Crippen LogP contribution in [0.3, 0.4) is 0 Å². The number of fused-ring (bicyclic) bond motifs is 1. The Labute approximate surface area is 229 Å². The first-order valence-electron chi connectivity index (χ1n) is 12.4. The summed E-state index contributed by atoms with van der Waals surface area (Å²) in [4.78, 5) is 34.7. The van der Waals surface area contributed by atoms with Crippen LogP contribution in [0.5, 0.6) is 11.5 Å². The normalized spacial score (nSPS) is 11.7. The highest BCUT2D eigenvalue weighted by Crippen LogP contribution is 2.26. The second-order valence-corrected chi connectivity index (χ2v) is 9.49. The molecule has 0 saturated carbocycles. The lowest BCUT2D eigenvalue weighted by atomic mass is 10.2. The number of quaternary nitrogens is 1. The Morgan fingerprint density at radius 2 is 1.70 bits per heavy atom. The number of hydrogen-bond donors (Lipinski definition) is 2. The van der Waals surface area contributed by atoms with Crippen molar-refractivity contribution in [3.63, 3.8) is 0 Å². The molecule has 0 aliphatic rings. The summed E-state index contributed by atoms with van der Waals surface area (Å²) in [6.45, 7) is 0.156. The quantitative estimate of drug-likeness (QED) is 0.173. The van der Waals surface area contributed by atoms with Crippen molar-refractivity contribution < 1.29 is 14.2 Å². The summed E-state index contributed by atoms with van der Waals surface area (Å²) >= 11 is 0. The number of nitrogens with two attached hydrogens (primary N) is 1. The van der Waals surface area contributed by atoms with Crippen LogP contribution in [-0.4, -0.2) is 50.3 Å². The van der Waals surface area contributed by atoms with Crippen molar-refractivity contribution in [3.8, 4) is 22.9 Å². The van der Waals surface area contributed by atoms with Crippen LogP contribution in [0.2, 0.25) is 0 Å². The van der Waals surface area contributed by atoms with Crippen LogP contribution in [0.1, 0.15) is 0 Å². The van der Waals surface area contributed by atoms with E-state index in [4.69, 9.17) is 10.5 Å². The Hall–Kier alpha value is -5.26. The standard InChI is InChI=1S/C29H27N7O4/c1-36(2,39)17-7-12-25(37)33-20-8-6-9-22(18-20)35-28-26(27(30)31-19-32-28)34(29(35)38)21-13-15-24(16-14-21)40-23-10-4-3-5-11-23/h3-16,18-19H,17H2,1-2H3,(H,33,37)(H2,30,31,32)/b12-7+. The van der Waals surface area contributed by atoms with Gasteiger partial charge in [-0.05, 0) is 60.7 Å². The number of para-hydroxylation sites is 1. The molecule has 0 atom stereocenters. The number of amides is 1. The first kappa shape index (κ1) is 26.4. The molecule has 0 saturated heterocycles. The van der Waals surface area contributed by atoms with E-state index in [1.54, 1.807) is 48.5 Å². The highest BCUT2D eigenvalue weighted by molar-refractivity contribution is 5.99. The molecule has 3 N–H and O–H groups in total. The molecule has 3 aromatic carbocycles. The second-order valence-electron chi connectivity index (χ2n) is 9.49. The highest BCUT2D eigenvalue weighted by atomic mass is 16.5. The predicted molar refractivity (Wildman–Crippen MR) is 154 cm³/mol. The molecule has 0 aliphatic heterocycles. The van der Waals surface area contributed by atoms with Crippen molar-refractivity contribution in [1.29, 1.82) is 0 Å². The minimum atomic E-state index is -0.542. The first-order valence-corrected chi connectivity index (χ1v) is 12.4. The lowest BCUT2D eigenvalue weighted by molar-refractivity contribution is -0.833. The van der Waals surface area contributed by atoms with Crippen LogP contribution < -0.4 is 21.5 Å². The Balaban J connectivity index is 1.50. The van der Waals surface area contributed by atoms with Crippen LogP contribution in [-0.2, 0) is 4.79 Å². The van der Waals surface area contributed by atoms with Crippen molar-refractivity contribution in [3.05, 3.63) is 113 Å². The van der Waals surface area contributed by atoms with Crippen molar-refractivity contribution >= 4 is 28.6 Å². The molecule has 0 bridgehead atoms. The lowest BCUT2D eigenvalue weighted by Crippen LogP contribution is -2.32. The molecular weight excluding hydrogens is 510 g/mol. The fraction of sp³-hybridized carbons (Fsp3) is 0.103. The van der Waals surface area contributed by atoms with E-state index in [9.17, 15) is 14.8 Å². The van der Waals surface area contributed by atoms with Crippen molar-refractivity contribution in [2.75, 3.05) is 31.7 Å². The Morgan fingerprint density at radius 1 is 0.975 bits per heavy atom. The zero-order chi connectivity index (χ0) is 28.3. The molecule has 5 aromatic rings. The number of anilines is 2. The smallest absolute Gasteiger partial charge is 0.339 e. The summed E-state index contributed by atoms with van der Waals surface area (Å²) in [6, 6.07) is 23.2. The third-order valence-electron chi connectivity index (χ3n) is 5.91. The molecular formula is C29H27N7O4. The maximum absolute atomic E-state index is 13.8. The monoisotopic (exact) mass is 537 g/mol. The maximum Gasteiger partial charge on any atom is 0.339 e. The van der Waals surface area contributed by atoms with Gasteiger partial charge in [-0.25, -0.2) is 19.3 Å². The molecule has 0 unspecified atom stereocenters. The van der Waals surface area contributed by atoms with Gasteiger partial charge in [0.2, 0.25) is 5.91 Å². The molecule has 2 heterocycles. The van der Waals surface area contributed by atoms with E-state index < -0.39 is 16.2 Å². The van der Waals surface area contributed by atoms with Gasteiger partial charge in [0.25, 0.3) is 0 Å². The fourth-order valence-electron chi connectivity index (χ4n) is 4.13. The number of ether oxygens (including phenoxy) is 1. The molecule has 11 nitrogen and oxygen atoms in total. The number of carbonyl (C=O) groups is 1. The van der Waals surface area contributed by atoms with E-state index in [-0.39, 0.29) is 12.4 Å². The fourth-order valence-corrected chi connectivity index (χ4v) is 4.13. The number of imidazole rings is 1. The van der Waals surface area contributed by atoms with Gasteiger partial charge in [0, 0.05) is 11.8 Å². The number of rotatable bonds is 8. The van der Waals surface area contributed by atoms with E-state index in [0.717, 1.165) is 0 Å². The number of carbonyl (C=O) groups excluding carboxylic acids is 1. The van der Waals surface area contributed by atoms with Crippen molar-refractivity contribution in [1.82, 2.24) is 19.1 Å². The number of benzene rings is 3. The molecule has 0 radical (unpaired) electrons. The minimum absolute atomic E-state index is 0.139. The summed E-state index contributed by atoms with van der Waals surface area (Å²) in [5, 5.41) is 14.5. The Bertz CT molecular complexity index is 1750. The van der Waals surface area contributed by atoms with Crippen molar-refractivity contribution in [2.24, 2.45) is 0 Å². The average Bonchev–Trinajstić information content (AvgIpc) is 3.22. The van der Waals surface area contributed by atoms with Crippen LogP contribution in [0.15, 0.2) is 102 Å². The number of aromatic nitrogens is 4. The molecule has 202 valence electrons. The van der Waals surface area contributed by atoms with E-state index in [1.165, 1.54) is 41.7 Å². The summed E-state index contributed by atoms with van der Waals surface area (Å²) in [6.07, 6.45) is 4.11. The van der Waals surface area contributed by atoms with Gasteiger partial charge >= 0.3 is 5.69 Å². The molecule has 40 heavy (non-hydrogen) atoms. The number of hydroxylamine groups is 3. The lowest BCUT2D eigenvalue weighted by Gasteiger charge is -2.32. The van der Waals surface area contributed by atoms with Gasteiger partial charge in [-0.2, -0.15) is 0 Å². The third-order valence-corrected chi connectivity index (χ3v) is 5.91. The zero-order valence-electron chi connectivity index (χ0n) is 21.9. The number of nitrogens with one attached hydrogen (secondary N) is 1. The van der Waals surface area contributed by atoms with Gasteiger partial charge in [-0.15, -0.1) is 0 Å². The third kappa shape index (κ3) is 5.75. The predicted octanol–water partition coefficient (Wildman–Crippen LogP) is 4.01. The zero-order valence-corrected chi connectivity index (χ0v) is 21.9. The van der Waals surface area contributed by atoms with E-state index in [1.807, 2.05) is 30.3 Å². The summed E-state index contributed by atoms with van der Waals surface area (Å²) < 4.78 is 8.18. The van der Waals surface area contributed by atoms with Crippen LogP contribution in [0.4, 0.5) is 11.5 Å². The van der Waals surface area contributed by atoms with Crippen LogP contribution >= 0.6 is 0 Å². The molecule has 1 amide bonds. The van der Waals surface area contributed by atoms with Crippen molar-refractivity contribution in [2.45, 2.75) is 0 Å². The van der Waals surface area contributed by atoms with Gasteiger partial charge in [-0.1, -0.05) is 24.3 Å². The summed E-state index contributed by atoms with van der Waals surface area (Å²) in [7, 11) is 2.98. The number of likely N-dealkylation sites (N-methyl/N-ethyl adjacent to an activating group) is 1. The van der Waals surface area contributed by atoms with E-state index in [0.29, 0.717) is 39.7 Å². The van der Waals surface area contributed by atoms with Crippen LogP contribution in [0.25, 0.3) is 22.5 Å². The van der Waals surface area contributed by atoms with E-state index >= 15 is 0 Å². The van der Waals surface area contributed by atoms with Gasteiger partial charge in [0.05, 0.1) is 32.0 Å². The van der Waals surface area contributed by atoms with Gasteiger partial charge in [-0.3, -0.25) is 9.36 Å².